The largest absolute Gasteiger partial charge is 0.399 e. The van der Waals surface area contributed by atoms with Crippen LogP contribution >= 0.6 is 0 Å². The van der Waals surface area contributed by atoms with Gasteiger partial charge in [0.1, 0.15) is 0 Å². The van der Waals surface area contributed by atoms with Crippen LogP contribution in [0.15, 0.2) is 47.4 Å². The summed E-state index contributed by atoms with van der Waals surface area (Å²) in [4.78, 5) is 0.736. The minimum atomic E-state index is -1.17. The van der Waals surface area contributed by atoms with Gasteiger partial charge in [-0.15, -0.1) is 0 Å². The van der Waals surface area contributed by atoms with Crippen LogP contribution in [-0.4, -0.2) is 4.21 Å². The van der Waals surface area contributed by atoms with E-state index in [9.17, 15) is 4.21 Å². The molecule has 0 amide bonds. The average molecular weight is 270 g/mol. The Morgan fingerprint density at radius 3 is 2.68 bits per heavy atom. The highest BCUT2D eigenvalue weighted by molar-refractivity contribution is 7.84. The summed E-state index contributed by atoms with van der Waals surface area (Å²) in [5.41, 5.74) is 8.73. The summed E-state index contributed by atoms with van der Waals surface area (Å²) in [5, 5.41) is 9.02. The third kappa shape index (κ3) is 3.01. The quantitative estimate of drug-likeness (QED) is 0.872. The molecule has 2 rings (SSSR count). The van der Waals surface area contributed by atoms with Crippen LogP contribution in [-0.2, 0) is 16.6 Å². The van der Waals surface area contributed by atoms with Crippen LogP contribution in [0.25, 0.3) is 0 Å². The first-order chi connectivity index (χ1) is 9.11. The molecule has 1 atom stereocenters. The maximum atomic E-state index is 12.3. The molecule has 0 aliphatic carbocycles. The monoisotopic (exact) mass is 270 g/mol. The van der Waals surface area contributed by atoms with Crippen molar-refractivity contribution >= 4 is 16.5 Å². The molecule has 0 heterocycles. The second-order valence-corrected chi connectivity index (χ2v) is 5.73. The van der Waals surface area contributed by atoms with Crippen LogP contribution < -0.4 is 5.73 Å². The molecule has 96 valence electrons. The predicted molar refractivity (Wildman–Crippen MR) is 76.9 cm³/mol. The van der Waals surface area contributed by atoms with E-state index < -0.39 is 10.8 Å². The molecule has 19 heavy (non-hydrogen) atoms. The predicted octanol–water partition coefficient (Wildman–Crippen LogP) is 2.76. The van der Waals surface area contributed by atoms with Gasteiger partial charge in [0.15, 0.2) is 0 Å². The zero-order chi connectivity index (χ0) is 13.8. The first-order valence-corrected chi connectivity index (χ1v) is 7.16. The number of nitriles is 1. The molecule has 2 aromatic rings. The number of hydrogen-bond acceptors (Lipinski definition) is 3. The minimum Gasteiger partial charge on any atom is -0.399 e. The number of nitrogens with two attached hydrogens (primary N) is 1. The highest BCUT2D eigenvalue weighted by Gasteiger charge is 2.09. The van der Waals surface area contributed by atoms with Gasteiger partial charge in [-0.2, -0.15) is 5.26 Å². The van der Waals surface area contributed by atoms with Gasteiger partial charge in [0, 0.05) is 10.6 Å². The van der Waals surface area contributed by atoms with E-state index in [-0.39, 0.29) is 0 Å². The summed E-state index contributed by atoms with van der Waals surface area (Å²) < 4.78 is 12.3. The van der Waals surface area contributed by atoms with Gasteiger partial charge < -0.3 is 5.73 Å². The molecule has 2 N–H and O–H groups in total. The smallest absolute Gasteiger partial charge is 0.0994 e. The van der Waals surface area contributed by atoms with Gasteiger partial charge in [-0.1, -0.05) is 18.2 Å². The van der Waals surface area contributed by atoms with Crippen molar-refractivity contribution in [2.24, 2.45) is 0 Å². The molecule has 0 fully saturated rings. The van der Waals surface area contributed by atoms with E-state index in [0.717, 1.165) is 16.0 Å². The van der Waals surface area contributed by atoms with E-state index in [1.54, 1.807) is 24.3 Å². The number of benzene rings is 2. The van der Waals surface area contributed by atoms with Crippen molar-refractivity contribution in [3.8, 4) is 6.07 Å². The Kier molecular flexibility index (Phi) is 3.98. The van der Waals surface area contributed by atoms with E-state index in [1.807, 2.05) is 25.1 Å². The Morgan fingerprint density at radius 1 is 1.26 bits per heavy atom. The number of aryl methyl sites for hydroxylation is 1. The molecular weight excluding hydrogens is 256 g/mol. The lowest BCUT2D eigenvalue weighted by Gasteiger charge is -2.06. The number of anilines is 1. The van der Waals surface area contributed by atoms with Crippen LogP contribution in [0.2, 0.25) is 0 Å². The second-order valence-electron chi connectivity index (χ2n) is 4.28. The highest BCUT2D eigenvalue weighted by atomic mass is 32.2. The van der Waals surface area contributed by atoms with Crippen molar-refractivity contribution in [1.29, 1.82) is 5.26 Å². The molecule has 0 saturated carbocycles. The van der Waals surface area contributed by atoms with E-state index in [1.165, 1.54) is 0 Å². The number of nitrogens with zero attached hydrogens (tertiary/aromatic N) is 1. The van der Waals surface area contributed by atoms with Crippen LogP contribution in [0.3, 0.4) is 0 Å². The minimum absolute atomic E-state index is 0.340. The van der Waals surface area contributed by atoms with Crippen molar-refractivity contribution in [2.45, 2.75) is 17.6 Å². The van der Waals surface area contributed by atoms with E-state index in [2.05, 4.69) is 6.07 Å². The molecule has 0 aliphatic rings. The summed E-state index contributed by atoms with van der Waals surface area (Å²) in [7, 11) is -1.17. The summed E-state index contributed by atoms with van der Waals surface area (Å²) in [6.07, 6.45) is 0. The summed E-state index contributed by atoms with van der Waals surface area (Å²) in [6.45, 7) is 1.89. The van der Waals surface area contributed by atoms with Crippen LogP contribution in [0.4, 0.5) is 5.69 Å². The third-order valence-corrected chi connectivity index (χ3v) is 4.28. The normalized spacial score (nSPS) is 11.8. The molecule has 4 heteroatoms. The Balaban J connectivity index is 2.26. The summed E-state index contributed by atoms with van der Waals surface area (Å²) >= 11 is 0. The van der Waals surface area contributed by atoms with Crippen molar-refractivity contribution in [3.05, 3.63) is 59.2 Å². The van der Waals surface area contributed by atoms with Crippen LogP contribution in [0, 0.1) is 18.3 Å². The highest BCUT2D eigenvalue weighted by Crippen LogP contribution is 2.19. The second kappa shape index (κ2) is 5.68. The van der Waals surface area contributed by atoms with Crippen molar-refractivity contribution in [2.75, 3.05) is 5.73 Å². The molecule has 0 aliphatic heterocycles. The number of nitrogen functional groups attached to an aromatic ring is 1. The van der Waals surface area contributed by atoms with Crippen molar-refractivity contribution in [1.82, 2.24) is 0 Å². The topological polar surface area (TPSA) is 66.9 Å². The van der Waals surface area contributed by atoms with Gasteiger partial charge in [-0.05, 0) is 42.3 Å². The molecule has 0 spiro atoms. The molecule has 3 nitrogen and oxygen atoms in total. The summed E-state index contributed by atoms with van der Waals surface area (Å²) in [6, 6.07) is 14.7. The fraction of sp³-hybridized carbons (Fsp3) is 0.133. The van der Waals surface area contributed by atoms with Gasteiger partial charge in [-0.25, -0.2) is 0 Å². The third-order valence-electron chi connectivity index (χ3n) is 2.93. The Hall–Kier alpha value is -2.12. The molecular formula is C15H14N2OS. The lowest BCUT2D eigenvalue weighted by molar-refractivity contribution is 0.682. The average Bonchev–Trinajstić information content (AvgIpc) is 2.42. The lowest BCUT2D eigenvalue weighted by Crippen LogP contribution is -2.00. The molecule has 0 radical (unpaired) electrons. The maximum Gasteiger partial charge on any atom is 0.0994 e. The van der Waals surface area contributed by atoms with Crippen molar-refractivity contribution < 1.29 is 4.21 Å². The van der Waals surface area contributed by atoms with Gasteiger partial charge in [-0.3, -0.25) is 4.21 Å². The van der Waals surface area contributed by atoms with Crippen LogP contribution in [0.5, 0.6) is 0 Å². The zero-order valence-electron chi connectivity index (χ0n) is 10.6. The fourth-order valence-electron chi connectivity index (χ4n) is 1.77. The fourth-order valence-corrected chi connectivity index (χ4v) is 3.00. The lowest BCUT2D eigenvalue weighted by atomic mass is 10.1. The van der Waals surface area contributed by atoms with Gasteiger partial charge in [0.2, 0.25) is 0 Å². The molecule has 1 unspecified atom stereocenters. The van der Waals surface area contributed by atoms with E-state index >= 15 is 0 Å². The Morgan fingerprint density at radius 2 is 2.00 bits per heavy atom. The van der Waals surface area contributed by atoms with Gasteiger partial charge >= 0.3 is 0 Å². The molecule has 0 bridgehead atoms. The Labute approximate surface area is 115 Å². The number of hydrogen-bond donors (Lipinski definition) is 1. The van der Waals surface area contributed by atoms with E-state index in [4.69, 9.17) is 11.0 Å². The van der Waals surface area contributed by atoms with Crippen molar-refractivity contribution in [3.63, 3.8) is 0 Å². The first kappa shape index (κ1) is 13.3. The van der Waals surface area contributed by atoms with Gasteiger partial charge in [0.05, 0.1) is 28.2 Å². The standard InChI is InChI=1S/C15H14N2OS/c1-11-8-14(6-7-15(11)17)19(18)10-13-5-3-2-4-12(13)9-16/h2-8H,10,17H2,1H3. The maximum absolute atomic E-state index is 12.3. The molecule has 0 saturated heterocycles. The summed E-state index contributed by atoms with van der Waals surface area (Å²) in [5.74, 6) is 0.340. The molecule has 2 aromatic carbocycles. The van der Waals surface area contributed by atoms with E-state index in [0.29, 0.717) is 17.0 Å². The van der Waals surface area contributed by atoms with Gasteiger partial charge in [0.25, 0.3) is 0 Å². The van der Waals surface area contributed by atoms with Crippen LogP contribution in [0.1, 0.15) is 16.7 Å². The number of rotatable bonds is 3. The zero-order valence-corrected chi connectivity index (χ0v) is 11.4. The Bertz CT molecular complexity index is 674. The SMILES string of the molecule is Cc1cc(S(=O)Cc2ccccc2C#N)ccc1N. The molecule has 0 aromatic heterocycles. The first-order valence-electron chi connectivity index (χ1n) is 5.84.